The van der Waals surface area contributed by atoms with Crippen LogP contribution in [0, 0.1) is 6.92 Å². The molecule has 0 bridgehead atoms. The summed E-state index contributed by atoms with van der Waals surface area (Å²) in [7, 11) is 0. The molecule has 0 spiro atoms. The molecule has 0 saturated carbocycles. The lowest BCUT2D eigenvalue weighted by atomic mass is 9.99. The average Bonchev–Trinajstić information content (AvgIpc) is 2.51. The molecule has 0 unspecified atom stereocenters. The summed E-state index contributed by atoms with van der Waals surface area (Å²) < 4.78 is 5.50. The molecular formula is C22H36N2O3. The van der Waals surface area contributed by atoms with Crippen molar-refractivity contribution in [1.82, 2.24) is 9.80 Å². The van der Waals surface area contributed by atoms with Crippen LogP contribution in [0.1, 0.15) is 58.6 Å². The van der Waals surface area contributed by atoms with Gasteiger partial charge in [0, 0.05) is 32.2 Å². The van der Waals surface area contributed by atoms with Gasteiger partial charge in [-0.15, -0.1) is 0 Å². The molecule has 0 atom stereocenters. The summed E-state index contributed by atoms with van der Waals surface area (Å²) in [4.78, 5) is 16.5. The van der Waals surface area contributed by atoms with Gasteiger partial charge < -0.3 is 14.7 Å². The number of hydrogen-bond donors (Lipinski definition) is 1. The van der Waals surface area contributed by atoms with Crippen LogP contribution < -0.4 is 0 Å². The van der Waals surface area contributed by atoms with Crippen LogP contribution in [0.2, 0.25) is 0 Å². The van der Waals surface area contributed by atoms with Crippen molar-refractivity contribution < 1.29 is 14.6 Å². The zero-order valence-corrected chi connectivity index (χ0v) is 17.8. The molecule has 1 heterocycles. The lowest BCUT2D eigenvalue weighted by Gasteiger charge is -2.41. The van der Waals surface area contributed by atoms with E-state index in [0.717, 1.165) is 19.4 Å². The third-order valence-corrected chi connectivity index (χ3v) is 4.69. The van der Waals surface area contributed by atoms with E-state index in [1.807, 2.05) is 34.6 Å². The van der Waals surface area contributed by atoms with Gasteiger partial charge in [-0.2, -0.15) is 0 Å². The summed E-state index contributed by atoms with van der Waals surface area (Å²) in [6, 6.07) is 8.87. The molecule has 1 saturated heterocycles. The lowest BCUT2D eigenvalue weighted by molar-refractivity contribution is -0.00720. The molecule has 5 nitrogen and oxygen atoms in total. The molecule has 1 aliphatic heterocycles. The molecule has 1 fully saturated rings. The second kappa shape index (κ2) is 8.61. The Bertz CT molecular complexity index is 623. The monoisotopic (exact) mass is 376 g/mol. The minimum absolute atomic E-state index is 0.228. The Kier molecular flexibility index (Phi) is 6.92. The van der Waals surface area contributed by atoms with Crippen LogP contribution in [0.3, 0.4) is 0 Å². The number of rotatable bonds is 5. The summed E-state index contributed by atoms with van der Waals surface area (Å²) in [5, 5.41) is 10.4. The molecule has 1 amide bonds. The first-order valence-electron chi connectivity index (χ1n) is 9.93. The molecule has 2 rings (SSSR count). The third kappa shape index (κ3) is 7.51. The Morgan fingerprint density at radius 1 is 1.22 bits per heavy atom. The van der Waals surface area contributed by atoms with Gasteiger partial charge in [0.1, 0.15) is 5.60 Å². The van der Waals surface area contributed by atoms with Crippen molar-refractivity contribution >= 4 is 6.09 Å². The van der Waals surface area contributed by atoms with E-state index in [1.54, 1.807) is 4.90 Å². The van der Waals surface area contributed by atoms with Gasteiger partial charge in [0.25, 0.3) is 0 Å². The molecule has 1 aromatic rings. The number of amides is 1. The van der Waals surface area contributed by atoms with E-state index in [1.165, 1.54) is 11.1 Å². The van der Waals surface area contributed by atoms with Gasteiger partial charge in [0.2, 0.25) is 0 Å². The fourth-order valence-electron chi connectivity index (χ4n) is 3.60. The first-order chi connectivity index (χ1) is 12.4. The molecule has 0 radical (unpaired) electrons. The standard InChI is InChI=1S/C22H36N2O3/c1-17-8-7-9-18(14-17)15-24(16-22(5,6)26)19-10-12-23(13-11-19)20(25)27-21(2,3)4/h7-9,14,19,26H,10-13,15-16H2,1-6H3. The summed E-state index contributed by atoms with van der Waals surface area (Å²) in [6.07, 6.45) is 1.55. The second-order valence-electron chi connectivity index (χ2n) is 9.41. The number of benzene rings is 1. The minimum Gasteiger partial charge on any atom is -0.444 e. The van der Waals surface area contributed by atoms with Crippen molar-refractivity contribution in [3.05, 3.63) is 35.4 Å². The van der Waals surface area contributed by atoms with Crippen LogP contribution in [0.25, 0.3) is 0 Å². The number of nitrogens with zero attached hydrogens (tertiary/aromatic N) is 2. The molecule has 1 aromatic carbocycles. The van der Waals surface area contributed by atoms with Crippen molar-refractivity contribution in [2.24, 2.45) is 0 Å². The highest BCUT2D eigenvalue weighted by molar-refractivity contribution is 5.68. The molecule has 1 aliphatic rings. The zero-order chi connectivity index (χ0) is 20.2. The maximum absolute atomic E-state index is 12.3. The SMILES string of the molecule is Cc1cccc(CN(CC(C)(C)O)C2CCN(C(=O)OC(C)(C)C)CC2)c1. The van der Waals surface area contributed by atoms with Crippen LogP contribution in [0.5, 0.6) is 0 Å². The summed E-state index contributed by atoms with van der Waals surface area (Å²) >= 11 is 0. The summed E-state index contributed by atoms with van der Waals surface area (Å²) in [5.41, 5.74) is 1.28. The smallest absolute Gasteiger partial charge is 0.410 e. The molecule has 5 heteroatoms. The van der Waals surface area contributed by atoms with Gasteiger partial charge >= 0.3 is 6.09 Å². The van der Waals surface area contributed by atoms with E-state index < -0.39 is 11.2 Å². The summed E-state index contributed by atoms with van der Waals surface area (Å²) in [6.45, 7) is 14.3. The Balaban J connectivity index is 2.01. The summed E-state index contributed by atoms with van der Waals surface area (Å²) in [5.74, 6) is 0. The quantitative estimate of drug-likeness (QED) is 0.845. The van der Waals surface area contributed by atoms with E-state index in [4.69, 9.17) is 4.74 Å². The molecular weight excluding hydrogens is 340 g/mol. The van der Waals surface area contributed by atoms with Crippen LogP contribution in [-0.2, 0) is 11.3 Å². The number of hydrogen-bond acceptors (Lipinski definition) is 4. The van der Waals surface area contributed by atoms with E-state index in [0.29, 0.717) is 25.7 Å². The Morgan fingerprint density at radius 3 is 2.37 bits per heavy atom. The first-order valence-corrected chi connectivity index (χ1v) is 9.93. The van der Waals surface area contributed by atoms with Crippen LogP contribution in [-0.4, -0.2) is 57.9 Å². The highest BCUT2D eigenvalue weighted by Crippen LogP contribution is 2.23. The number of carbonyl (C=O) groups is 1. The van der Waals surface area contributed by atoms with Gasteiger partial charge in [0.15, 0.2) is 0 Å². The van der Waals surface area contributed by atoms with Crippen LogP contribution in [0.15, 0.2) is 24.3 Å². The topological polar surface area (TPSA) is 53.0 Å². The highest BCUT2D eigenvalue weighted by Gasteiger charge is 2.31. The fourth-order valence-corrected chi connectivity index (χ4v) is 3.60. The largest absolute Gasteiger partial charge is 0.444 e. The van der Waals surface area contributed by atoms with E-state index in [2.05, 4.69) is 36.1 Å². The molecule has 152 valence electrons. The number of ether oxygens (including phenoxy) is 1. The van der Waals surface area contributed by atoms with Gasteiger partial charge in [-0.1, -0.05) is 29.8 Å². The normalized spacial score (nSPS) is 16.7. The number of aryl methyl sites for hydroxylation is 1. The van der Waals surface area contributed by atoms with E-state index in [-0.39, 0.29) is 6.09 Å². The number of likely N-dealkylation sites (tertiary alicyclic amines) is 1. The van der Waals surface area contributed by atoms with Gasteiger partial charge in [-0.05, 0) is 59.9 Å². The third-order valence-electron chi connectivity index (χ3n) is 4.69. The van der Waals surface area contributed by atoms with Crippen molar-refractivity contribution in [3.8, 4) is 0 Å². The minimum atomic E-state index is -0.758. The van der Waals surface area contributed by atoms with Crippen molar-refractivity contribution in [1.29, 1.82) is 0 Å². The zero-order valence-electron chi connectivity index (χ0n) is 17.8. The molecule has 1 N–H and O–H groups in total. The number of carbonyl (C=O) groups excluding carboxylic acids is 1. The maximum atomic E-state index is 12.3. The lowest BCUT2D eigenvalue weighted by Crippen LogP contribution is -2.50. The van der Waals surface area contributed by atoms with Gasteiger partial charge in [-0.3, -0.25) is 4.90 Å². The highest BCUT2D eigenvalue weighted by atomic mass is 16.6. The number of piperidine rings is 1. The number of aliphatic hydroxyl groups is 1. The van der Waals surface area contributed by atoms with E-state index in [9.17, 15) is 9.90 Å². The molecule has 27 heavy (non-hydrogen) atoms. The predicted molar refractivity (Wildman–Crippen MR) is 109 cm³/mol. The van der Waals surface area contributed by atoms with Gasteiger partial charge in [-0.25, -0.2) is 4.79 Å². The Labute approximate surface area is 164 Å². The Morgan fingerprint density at radius 2 is 1.85 bits per heavy atom. The second-order valence-corrected chi connectivity index (χ2v) is 9.41. The van der Waals surface area contributed by atoms with Crippen LogP contribution >= 0.6 is 0 Å². The Hall–Kier alpha value is -1.59. The van der Waals surface area contributed by atoms with Crippen molar-refractivity contribution in [2.75, 3.05) is 19.6 Å². The maximum Gasteiger partial charge on any atom is 0.410 e. The predicted octanol–water partition coefficient (Wildman–Crippen LogP) is 3.97. The fraction of sp³-hybridized carbons (Fsp3) is 0.682. The average molecular weight is 377 g/mol. The van der Waals surface area contributed by atoms with E-state index >= 15 is 0 Å². The first kappa shape index (κ1) is 21.7. The van der Waals surface area contributed by atoms with Gasteiger partial charge in [0.05, 0.1) is 5.60 Å². The van der Waals surface area contributed by atoms with Crippen molar-refractivity contribution in [3.63, 3.8) is 0 Å². The van der Waals surface area contributed by atoms with Crippen molar-refractivity contribution in [2.45, 2.75) is 78.2 Å². The van der Waals surface area contributed by atoms with Crippen LogP contribution in [0.4, 0.5) is 4.79 Å². The molecule has 0 aromatic heterocycles. The molecule has 0 aliphatic carbocycles.